The SMILES string of the molecule is CSCC[C@H](NC(=O)c1ccc(COCc2cnco2)cc1-c1ccccc1C)C(=O)[O-].[Li+]. The summed E-state index contributed by atoms with van der Waals surface area (Å²) < 4.78 is 10.9. The number of carbonyl (C=O) groups is 2. The number of aliphatic carboxylic acids is 1. The van der Waals surface area contributed by atoms with Crippen LogP contribution in [0.1, 0.15) is 33.7 Å². The smallest absolute Gasteiger partial charge is 0.548 e. The van der Waals surface area contributed by atoms with E-state index in [0.717, 1.165) is 16.7 Å². The maximum Gasteiger partial charge on any atom is 1.00 e. The molecule has 168 valence electrons. The molecular formula is C24H25LiN2O5S. The number of ether oxygens (including phenoxy) is 1. The van der Waals surface area contributed by atoms with Gasteiger partial charge in [-0.3, -0.25) is 4.79 Å². The number of rotatable bonds is 11. The second kappa shape index (κ2) is 13.3. The molecule has 0 fully saturated rings. The molecule has 0 aliphatic rings. The van der Waals surface area contributed by atoms with Gasteiger partial charge in [-0.15, -0.1) is 0 Å². The van der Waals surface area contributed by atoms with Crippen molar-refractivity contribution in [3.8, 4) is 11.1 Å². The van der Waals surface area contributed by atoms with Gasteiger partial charge in [-0.2, -0.15) is 11.8 Å². The van der Waals surface area contributed by atoms with Crippen LogP contribution in [-0.4, -0.2) is 34.9 Å². The number of amides is 1. The fraction of sp³-hybridized carbons (Fsp3) is 0.292. The normalized spacial score (nSPS) is 11.5. The summed E-state index contributed by atoms with van der Waals surface area (Å²) in [6, 6.07) is 12.1. The third-order valence-corrected chi connectivity index (χ3v) is 5.60. The fourth-order valence-electron chi connectivity index (χ4n) is 3.28. The zero-order valence-electron chi connectivity index (χ0n) is 19.0. The topological polar surface area (TPSA) is 104 Å². The van der Waals surface area contributed by atoms with E-state index in [1.165, 1.54) is 18.2 Å². The van der Waals surface area contributed by atoms with E-state index in [9.17, 15) is 14.7 Å². The van der Waals surface area contributed by atoms with E-state index in [-0.39, 0.29) is 25.5 Å². The summed E-state index contributed by atoms with van der Waals surface area (Å²) in [4.78, 5) is 28.4. The van der Waals surface area contributed by atoms with E-state index in [4.69, 9.17) is 9.15 Å². The van der Waals surface area contributed by atoms with Crippen molar-refractivity contribution in [1.29, 1.82) is 0 Å². The number of carbonyl (C=O) groups excluding carboxylic acids is 2. The number of nitrogens with one attached hydrogen (secondary N) is 1. The number of nitrogens with zero attached hydrogens (tertiary/aromatic N) is 1. The van der Waals surface area contributed by atoms with E-state index in [0.29, 0.717) is 35.7 Å². The molecule has 0 radical (unpaired) electrons. The fourth-order valence-corrected chi connectivity index (χ4v) is 3.75. The van der Waals surface area contributed by atoms with E-state index in [1.807, 2.05) is 43.5 Å². The minimum atomic E-state index is -1.29. The quantitative estimate of drug-likeness (QED) is 0.401. The van der Waals surface area contributed by atoms with Gasteiger partial charge in [0.1, 0.15) is 12.4 Å². The zero-order valence-corrected chi connectivity index (χ0v) is 19.8. The monoisotopic (exact) mass is 460 g/mol. The number of thioether (sulfide) groups is 1. The van der Waals surface area contributed by atoms with E-state index < -0.39 is 17.9 Å². The Hall–Kier alpha value is -2.50. The molecule has 3 rings (SSSR count). The van der Waals surface area contributed by atoms with Crippen molar-refractivity contribution in [2.24, 2.45) is 0 Å². The Morgan fingerprint density at radius 2 is 1.97 bits per heavy atom. The van der Waals surface area contributed by atoms with Crippen LogP contribution in [0.5, 0.6) is 0 Å². The first-order chi connectivity index (χ1) is 15.5. The Balaban J connectivity index is 0.00000385. The number of benzene rings is 2. The summed E-state index contributed by atoms with van der Waals surface area (Å²) in [7, 11) is 0. The van der Waals surface area contributed by atoms with Gasteiger partial charge in [0.05, 0.1) is 24.8 Å². The molecule has 9 heteroatoms. The second-order valence-electron chi connectivity index (χ2n) is 7.28. The number of aryl methyl sites for hydroxylation is 1. The molecule has 2 aromatic carbocycles. The molecule has 7 nitrogen and oxygen atoms in total. The first-order valence-electron chi connectivity index (χ1n) is 10.1. The van der Waals surface area contributed by atoms with Crippen LogP contribution >= 0.6 is 11.8 Å². The summed E-state index contributed by atoms with van der Waals surface area (Å²) in [6.45, 7) is 2.56. The van der Waals surface area contributed by atoms with Gasteiger partial charge in [0.2, 0.25) is 0 Å². The Bertz CT molecular complexity index is 1060. The first kappa shape index (κ1) is 26.7. The van der Waals surface area contributed by atoms with Crippen molar-refractivity contribution in [3.05, 3.63) is 77.5 Å². The predicted octanol–water partition coefficient (Wildman–Crippen LogP) is -0.0278. The van der Waals surface area contributed by atoms with Gasteiger partial charge in [-0.25, -0.2) is 4.98 Å². The molecule has 1 heterocycles. The molecule has 1 amide bonds. The van der Waals surface area contributed by atoms with Crippen LogP contribution in [-0.2, 0) is 22.7 Å². The third-order valence-electron chi connectivity index (χ3n) is 4.96. The Morgan fingerprint density at radius 3 is 2.64 bits per heavy atom. The molecule has 0 unspecified atom stereocenters. The van der Waals surface area contributed by atoms with Crippen molar-refractivity contribution in [3.63, 3.8) is 0 Å². The van der Waals surface area contributed by atoms with Crippen molar-refractivity contribution in [1.82, 2.24) is 10.3 Å². The van der Waals surface area contributed by atoms with Crippen molar-refractivity contribution in [2.45, 2.75) is 32.6 Å². The molecule has 33 heavy (non-hydrogen) atoms. The van der Waals surface area contributed by atoms with Gasteiger partial charge in [-0.1, -0.05) is 30.3 Å². The number of hydrogen-bond acceptors (Lipinski definition) is 7. The average Bonchev–Trinajstić information content (AvgIpc) is 3.30. The van der Waals surface area contributed by atoms with Crippen LogP contribution in [0.3, 0.4) is 0 Å². The molecule has 1 atom stereocenters. The van der Waals surface area contributed by atoms with E-state index >= 15 is 0 Å². The van der Waals surface area contributed by atoms with Crippen LogP contribution in [0.4, 0.5) is 0 Å². The van der Waals surface area contributed by atoms with Crippen LogP contribution in [0.2, 0.25) is 0 Å². The number of hydrogen-bond donors (Lipinski definition) is 1. The van der Waals surface area contributed by atoms with Crippen molar-refractivity contribution >= 4 is 23.6 Å². The molecule has 1 aromatic heterocycles. The van der Waals surface area contributed by atoms with Gasteiger partial charge in [0, 0.05) is 5.56 Å². The third kappa shape index (κ3) is 7.51. The van der Waals surface area contributed by atoms with Crippen LogP contribution in [0.25, 0.3) is 11.1 Å². The van der Waals surface area contributed by atoms with Crippen molar-refractivity contribution < 1.29 is 42.7 Å². The number of carboxylic acid groups (broad SMARTS) is 1. The minimum absolute atomic E-state index is 0. The summed E-state index contributed by atoms with van der Waals surface area (Å²) in [5, 5.41) is 14.1. The molecular weight excluding hydrogens is 435 g/mol. The summed E-state index contributed by atoms with van der Waals surface area (Å²) >= 11 is 1.51. The predicted molar refractivity (Wildman–Crippen MR) is 121 cm³/mol. The molecule has 0 saturated heterocycles. The van der Waals surface area contributed by atoms with Crippen LogP contribution in [0, 0.1) is 6.92 Å². The molecule has 0 aliphatic heterocycles. The molecule has 0 aliphatic carbocycles. The Kier molecular flexibility index (Phi) is 10.8. The van der Waals surface area contributed by atoms with Crippen LogP contribution in [0.15, 0.2) is 59.5 Å². The number of carboxylic acids is 1. The first-order valence-corrected chi connectivity index (χ1v) is 11.5. The standard InChI is InChI=1S/C24H26N2O5S.Li/c1-16-5-3-4-6-19(16)21-11-17(13-30-14-18-12-25-15-31-18)7-8-20(21)23(27)26-22(24(28)29)9-10-32-2;/h3-8,11-12,15,22H,9-10,13-14H2,1-2H3,(H,26,27)(H,28,29);/q;+1/p-1/t22-;/m0./s1. The Labute approximate surface area is 209 Å². The summed E-state index contributed by atoms with van der Waals surface area (Å²) in [5.41, 5.74) is 3.87. The maximum absolute atomic E-state index is 13.0. The van der Waals surface area contributed by atoms with Gasteiger partial charge in [-0.05, 0) is 59.7 Å². The van der Waals surface area contributed by atoms with Gasteiger partial charge in [0.25, 0.3) is 5.91 Å². The molecule has 0 saturated carbocycles. The van der Waals surface area contributed by atoms with Crippen LogP contribution < -0.4 is 29.3 Å². The maximum atomic E-state index is 13.0. The average molecular weight is 460 g/mol. The Morgan fingerprint density at radius 1 is 1.18 bits per heavy atom. The molecule has 0 bridgehead atoms. The molecule has 0 spiro atoms. The minimum Gasteiger partial charge on any atom is -0.548 e. The van der Waals surface area contributed by atoms with Gasteiger partial charge >= 0.3 is 18.9 Å². The van der Waals surface area contributed by atoms with E-state index in [1.54, 1.807) is 18.3 Å². The zero-order chi connectivity index (χ0) is 22.9. The van der Waals surface area contributed by atoms with E-state index in [2.05, 4.69) is 10.3 Å². The van der Waals surface area contributed by atoms with Gasteiger partial charge in [0.15, 0.2) is 6.39 Å². The molecule has 3 aromatic rings. The molecule has 1 N–H and O–H groups in total. The number of oxazole rings is 1. The second-order valence-corrected chi connectivity index (χ2v) is 8.27. The van der Waals surface area contributed by atoms with Gasteiger partial charge < -0.3 is 24.4 Å². The number of aromatic nitrogens is 1. The summed E-state index contributed by atoms with van der Waals surface area (Å²) in [5.74, 6) is -0.515. The van der Waals surface area contributed by atoms with Crippen molar-refractivity contribution in [2.75, 3.05) is 12.0 Å². The largest absolute Gasteiger partial charge is 1.00 e. The summed E-state index contributed by atoms with van der Waals surface area (Å²) in [6.07, 6.45) is 5.12.